The van der Waals surface area contributed by atoms with Crippen LogP contribution in [-0.4, -0.2) is 44.3 Å². The highest BCUT2D eigenvalue weighted by molar-refractivity contribution is 5.79. The number of aliphatic imine (C=N–C) groups is 1. The second kappa shape index (κ2) is 11.4. The van der Waals surface area contributed by atoms with Crippen molar-refractivity contribution in [3.63, 3.8) is 0 Å². The predicted molar refractivity (Wildman–Crippen MR) is 113 cm³/mol. The second-order valence-corrected chi connectivity index (χ2v) is 7.15. The summed E-state index contributed by atoms with van der Waals surface area (Å²) in [6, 6.07) is 14.8. The first-order valence-corrected chi connectivity index (χ1v) is 9.78. The van der Waals surface area contributed by atoms with Gasteiger partial charge in [-0.05, 0) is 49.8 Å². The maximum Gasteiger partial charge on any atom is 0.422 e. The lowest BCUT2D eigenvalue weighted by molar-refractivity contribution is -0.153. The van der Waals surface area contributed by atoms with Gasteiger partial charge in [0, 0.05) is 19.6 Å². The fraction of sp³-hybridized carbons (Fsp3) is 0.409. The molecule has 0 radical (unpaired) electrons. The maximum atomic E-state index is 12.2. The van der Waals surface area contributed by atoms with Crippen molar-refractivity contribution in [2.24, 2.45) is 4.99 Å². The molecule has 2 rings (SSSR count). The molecule has 0 aromatic heterocycles. The lowest BCUT2D eigenvalue weighted by Gasteiger charge is -2.13. The summed E-state index contributed by atoms with van der Waals surface area (Å²) in [6.45, 7) is 3.32. The highest BCUT2D eigenvalue weighted by atomic mass is 19.4. The van der Waals surface area contributed by atoms with Crippen molar-refractivity contribution in [1.82, 2.24) is 15.5 Å². The largest absolute Gasteiger partial charge is 0.484 e. The Morgan fingerprint density at radius 2 is 1.70 bits per heavy atom. The molecule has 0 amide bonds. The number of benzene rings is 2. The molecule has 8 heteroatoms. The summed E-state index contributed by atoms with van der Waals surface area (Å²) < 4.78 is 41.4. The molecular weight excluding hydrogens is 393 g/mol. The maximum absolute atomic E-state index is 12.2. The minimum Gasteiger partial charge on any atom is -0.484 e. The predicted octanol–water partition coefficient (Wildman–Crippen LogP) is 3.94. The van der Waals surface area contributed by atoms with Crippen LogP contribution >= 0.6 is 0 Å². The van der Waals surface area contributed by atoms with E-state index in [1.807, 2.05) is 33.2 Å². The molecule has 0 saturated carbocycles. The van der Waals surface area contributed by atoms with Gasteiger partial charge in [0.1, 0.15) is 5.75 Å². The fourth-order valence-corrected chi connectivity index (χ4v) is 2.76. The van der Waals surface area contributed by atoms with Gasteiger partial charge < -0.3 is 20.3 Å². The summed E-state index contributed by atoms with van der Waals surface area (Å²) in [5.74, 6) is 0.863. The molecule has 0 spiro atoms. The number of ether oxygens (including phenoxy) is 1. The zero-order chi connectivity index (χ0) is 22.0. The average molecular weight is 422 g/mol. The zero-order valence-electron chi connectivity index (χ0n) is 17.6. The van der Waals surface area contributed by atoms with E-state index >= 15 is 0 Å². The molecule has 164 valence electrons. The lowest BCUT2D eigenvalue weighted by atomic mass is 10.1. The second-order valence-electron chi connectivity index (χ2n) is 7.15. The van der Waals surface area contributed by atoms with Crippen LogP contribution in [0.25, 0.3) is 0 Å². The van der Waals surface area contributed by atoms with Gasteiger partial charge in [-0.15, -0.1) is 0 Å². The topological polar surface area (TPSA) is 48.9 Å². The standard InChI is InChI=1S/C22H29F3N4O/c1-4-26-21(28-14-18-6-5-7-19(12-18)15-29(2)3)27-13-17-8-10-20(11-9-17)30-16-22(23,24)25/h5-12H,4,13-16H2,1-3H3,(H2,26,27,28). The van der Waals surface area contributed by atoms with E-state index in [9.17, 15) is 13.2 Å². The van der Waals surface area contributed by atoms with Crippen LogP contribution < -0.4 is 15.4 Å². The number of hydrogen-bond acceptors (Lipinski definition) is 3. The fourth-order valence-electron chi connectivity index (χ4n) is 2.76. The molecule has 0 saturated heterocycles. The van der Waals surface area contributed by atoms with Gasteiger partial charge in [0.15, 0.2) is 12.6 Å². The summed E-state index contributed by atoms with van der Waals surface area (Å²) >= 11 is 0. The van der Waals surface area contributed by atoms with Crippen LogP contribution in [0.2, 0.25) is 0 Å². The number of nitrogens with zero attached hydrogens (tertiary/aromatic N) is 2. The first-order valence-electron chi connectivity index (χ1n) is 9.78. The Balaban J connectivity index is 1.92. The third kappa shape index (κ3) is 9.17. The van der Waals surface area contributed by atoms with Crippen LogP contribution in [0.4, 0.5) is 13.2 Å². The van der Waals surface area contributed by atoms with Crippen LogP contribution in [-0.2, 0) is 19.6 Å². The monoisotopic (exact) mass is 422 g/mol. The minimum atomic E-state index is -4.34. The Kier molecular flexibility index (Phi) is 8.98. The van der Waals surface area contributed by atoms with Crippen LogP contribution in [0.1, 0.15) is 23.6 Å². The third-order valence-electron chi connectivity index (χ3n) is 4.04. The van der Waals surface area contributed by atoms with Gasteiger partial charge in [0.05, 0.1) is 6.54 Å². The Bertz CT molecular complexity index is 805. The van der Waals surface area contributed by atoms with E-state index in [2.05, 4.69) is 32.7 Å². The SMILES string of the molecule is CCNC(=NCc1cccc(CN(C)C)c1)NCc1ccc(OCC(F)(F)F)cc1. The number of hydrogen-bond donors (Lipinski definition) is 2. The van der Waals surface area contributed by atoms with Crippen LogP contribution in [0.3, 0.4) is 0 Å². The van der Waals surface area contributed by atoms with E-state index in [0.29, 0.717) is 19.0 Å². The van der Waals surface area contributed by atoms with E-state index in [-0.39, 0.29) is 5.75 Å². The molecule has 0 bridgehead atoms. The van der Waals surface area contributed by atoms with Gasteiger partial charge in [-0.1, -0.05) is 36.4 Å². The minimum absolute atomic E-state index is 0.189. The zero-order valence-corrected chi connectivity index (χ0v) is 17.6. The van der Waals surface area contributed by atoms with E-state index in [0.717, 1.165) is 24.2 Å². The van der Waals surface area contributed by atoms with Gasteiger partial charge in [0.2, 0.25) is 0 Å². The molecule has 0 aliphatic carbocycles. The molecule has 2 N–H and O–H groups in total. The highest BCUT2D eigenvalue weighted by Gasteiger charge is 2.28. The highest BCUT2D eigenvalue weighted by Crippen LogP contribution is 2.18. The molecule has 30 heavy (non-hydrogen) atoms. The molecule has 5 nitrogen and oxygen atoms in total. The van der Waals surface area contributed by atoms with Crippen LogP contribution in [0, 0.1) is 0 Å². The van der Waals surface area contributed by atoms with Crippen LogP contribution in [0.15, 0.2) is 53.5 Å². The lowest BCUT2D eigenvalue weighted by Crippen LogP contribution is -2.36. The molecule has 2 aromatic rings. The third-order valence-corrected chi connectivity index (χ3v) is 4.04. The van der Waals surface area contributed by atoms with Gasteiger partial charge in [-0.25, -0.2) is 4.99 Å². The van der Waals surface area contributed by atoms with Crippen molar-refractivity contribution < 1.29 is 17.9 Å². The van der Waals surface area contributed by atoms with E-state index in [4.69, 9.17) is 4.74 Å². The van der Waals surface area contributed by atoms with Crippen molar-refractivity contribution >= 4 is 5.96 Å². The normalized spacial score (nSPS) is 12.2. The van der Waals surface area contributed by atoms with E-state index in [1.54, 1.807) is 12.1 Å². The summed E-state index contributed by atoms with van der Waals surface area (Å²) in [7, 11) is 4.07. The van der Waals surface area contributed by atoms with Crippen molar-refractivity contribution in [3.05, 3.63) is 65.2 Å². The Morgan fingerprint density at radius 3 is 2.33 bits per heavy atom. The summed E-state index contributed by atoms with van der Waals surface area (Å²) in [6.07, 6.45) is -4.34. The van der Waals surface area contributed by atoms with E-state index < -0.39 is 12.8 Å². The van der Waals surface area contributed by atoms with Crippen molar-refractivity contribution in [2.45, 2.75) is 32.7 Å². The van der Waals surface area contributed by atoms with Gasteiger partial charge in [-0.2, -0.15) is 13.2 Å². The molecule has 2 aromatic carbocycles. The number of halogens is 3. The van der Waals surface area contributed by atoms with Gasteiger partial charge in [-0.3, -0.25) is 0 Å². The first-order chi connectivity index (χ1) is 14.2. The Labute approximate surface area is 176 Å². The molecule has 0 aliphatic rings. The smallest absolute Gasteiger partial charge is 0.422 e. The number of rotatable bonds is 9. The van der Waals surface area contributed by atoms with Crippen molar-refractivity contribution in [1.29, 1.82) is 0 Å². The number of guanidine groups is 1. The summed E-state index contributed by atoms with van der Waals surface area (Å²) in [4.78, 5) is 6.74. The molecule has 0 fully saturated rings. The van der Waals surface area contributed by atoms with Gasteiger partial charge in [0.25, 0.3) is 0 Å². The number of nitrogens with one attached hydrogen (secondary N) is 2. The van der Waals surface area contributed by atoms with Crippen molar-refractivity contribution in [2.75, 3.05) is 27.2 Å². The number of alkyl halides is 3. The summed E-state index contributed by atoms with van der Waals surface area (Å²) in [5.41, 5.74) is 3.27. The van der Waals surface area contributed by atoms with E-state index in [1.165, 1.54) is 17.7 Å². The molecule has 0 heterocycles. The Morgan fingerprint density at radius 1 is 1.00 bits per heavy atom. The molecule has 0 atom stereocenters. The molecular formula is C22H29F3N4O. The van der Waals surface area contributed by atoms with Gasteiger partial charge >= 0.3 is 6.18 Å². The Hall–Kier alpha value is -2.74. The quantitative estimate of drug-likeness (QED) is 0.475. The molecule has 0 aliphatic heterocycles. The average Bonchev–Trinajstić information content (AvgIpc) is 2.68. The van der Waals surface area contributed by atoms with Crippen LogP contribution in [0.5, 0.6) is 5.75 Å². The first kappa shape index (κ1) is 23.5. The summed E-state index contributed by atoms with van der Waals surface area (Å²) in [5, 5.41) is 6.44. The molecule has 0 unspecified atom stereocenters. The van der Waals surface area contributed by atoms with Crippen molar-refractivity contribution in [3.8, 4) is 5.75 Å².